The lowest BCUT2D eigenvalue weighted by Gasteiger charge is -2.11. The third-order valence-corrected chi connectivity index (χ3v) is 3.45. The number of aromatic nitrogens is 1. The first-order valence-electron chi connectivity index (χ1n) is 6.72. The van der Waals surface area contributed by atoms with Crippen molar-refractivity contribution in [2.75, 3.05) is 32.7 Å². The number of rotatable bonds is 8. The molecule has 0 saturated heterocycles. The van der Waals surface area contributed by atoms with E-state index in [0.717, 1.165) is 24.5 Å². The molecule has 5 nitrogen and oxygen atoms in total. The van der Waals surface area contributed by atoms with Gasteiger partial charge in [-0.1, -0.05) is 6.07 Å². The third-order valence-electron chi connectivity index (χ3n) is 2.76. The molecule has 1 aromatic heterocycles. The summed E-state index contributed by atoms with van der Waals surface area (Å²) in [5.74, 6) is 2.67. The summed E-state index contributed by atoms with van der Waals surface area (Å²) in [5, 5.41) is 6.57. The molecule has 1 aromatic rings. The average Bonchev–Trinajstić information content (AvgIpc) is 2.50. The summed E-state index contributed by atoms with van der Waals surface area (Å²) in [6.07, 6.45) is 6.33. The number of hydrogen-bond donors (Lipinski definition) is 2. The van der Waals surface area contributed by atoms with Gasteiger partial charge in [-0.3, -0.25) is 4.99 Å². The van der Waals surface area contributed by atoms with E-state index in [1.165, 1.54) is 12.2 Å². The largest absolute Gasteiger partial charge is 0.481 e. The summed E-state index contributed by atoms with van der Waals surface area (Å²) in [7, 11) is 3.40. The zero-order chi connectivity index (χ0) is 14.6. The molecule has 0 aromatic carbocycles. The molecule has 1 heterocycles. The Balaban J connectivity index is 0.00000400. The molecular weight excluding hydrogens is 399 g/mol. The van der Waals surface area contributed by atoms with E-state index in [1.807, 2.05) is 23.9 Å². The number of hydrogen-bond acceptors (Lipinski definition) is 4. The van der Waals surface area contributed by atoms with Crippen LogP contribution in [-0.4, -0.2) is 43.7 Å². The Hall–Kier alpha value is -0.700. The number of methoxy groups -OCH3 is 1. The van der Waals surface area contributed by atoms with Crippen molar-refractivity contribution in [2.24, 2.45) is 4.99 Å². The molecule has 7 heteroatoms. The maximum atomic E-state index is 5.03. The minimum Gasteiger partial charge on any atom is -0.481 e. The van der Waals surface area contributed by atoms with Gasteiger partial charge in [0.1, 0.15) is 0 Å². The van der Waals surface area contributed by atoms with Crippen LogP contribution >= 0.6 is 35.7 Å². The summed E-state index contributed by atoms with van der Waals surface area (Å²) in [4.78, 5) is 8.37. The van der Waals surface area contributed by atoms with Crippen LogP contribution < -0.4 is 15.4 Å². The van der Waals surface area contributed by atoms with Gasteiger partial charge in [0.15, 0.2) is 5.96 Å². The van der Waals surface area contributed by atoms with Crippen LogP contribution in [0.5, 0.6) is 5.88 Å². The zero-order valence-electron chi connectivity index (χ0n) is 12.9. The van der Waals surface area contributed by atoms with Gasteiger partial charge in [-0.2, -0.15) is 11.8 Å². The van der Waals surface area contributed by atoms with Gasteiger partial charge in [-0.25, -0.2) is 4.98 Å². The average molecular weight is 424 g/mol. The first kappa shape index (κ1) is 20.3. The van der Waals surface area contributed by atoms with E-state index in [2.05, 4.69) is 26.9 Å². The second kappa shape index (κ2) is 13.0. The van der Waals surface area contributed by atoms with Gasteiger partial charge in [-0.05, 0) is 30.4 Å². The number of halogens is 1. The Bertz CT molecular complexity index is 400. The lowest BCUT2D eigenvalue weighted by Crippen LogP contribution is -2.37. The fraction of sp³-hybridized carbons (Fsp3) is 0.571. The highest BCUT2D eigenvalue weighted by Crippen LogP contribution is 2.06. The maximum Gasteiger partial charge on any atom is 0.212 e. The van der Waals surface area contributed by atoms with Crippen molar-refractivity contribution < 1.29 is 4.74 Å². The second-order valence-corrected chi connectivity index (χ2v) is 5.25. The first-order valence-corrected chi connectivity index (χ1v) is 8.12. The SMILES string of the molecule is CN=C(NCCCCSC)NCc1ccc(OC)nc1.I. The molecule has 0 aliphatic rings. The number of guanidine groups is 1. The lowest BCUT2D eigenvalue weighted by atomic mass is 10.3. The molecule has 0 unspecified atom stereocenters. The molecular formula is C14H25IN4OS. The van der Waals surface area contributed by atoms with Crippen molar-refractivity contribution in [3.8, 4) is 5.88 Å². The van der Waals surface area contributed by atoms with Crippen molar-refractivity contribution in [1.82, 2.24) is 15.6 Å². The van der Waals surface area contributed by atoms with Crippen LogP contribution in [0.25, 0.3) is 0 Å². The highest BCUT2D eigenvalue weighted by molar-refractivity contribution is 14.0. The van der Waals surface area contributed by atoms with E-state index in [-0.39, 0.29) is 24.0 Å². The summed E-state index contributed by atoms with van der Waals surface area (Å²) in [6, 6.07) is 3.85. The number of thioether (sulfide) groups is 1. The quantitative estimate of drug-likeness (QED) is 0.291. The van der Waals surface area contributed by atoms with Crippen molar-refractivity contribution in [2.45, 2.75) is 19.4 Å². The molecule has 1 rings (SSSR count). The third kappa shape index (κ3) is 9.02. The smallest absolute Gasteiger partial charge is 0.212 e. The topological polar surface area (TPSA) is 58.5 Å². The number of ether oxygens (including phenoxy) is 1. The molecule has 120 valence electrons. The molecule has 0 bridgehead atoms. The molecule has 0 aliphatic heterocycles. The molecule has 0 atom stereocenters. The van der Waals surface area contributed by atoms with Crippen LogP contribution in [0.4, 0.5) is 0 Å². The summed E-state index contributed by atoms with van der Waals surface area (Å²) in [5.41, 5.74) is 1.09. The van der Waals surface area contributed by atoms with Crippen molar-refractivity contribution >= 4 is 41.7 Å². The summed E-state index contributed by atoms with van der Waals surface area (Å²) < 4.78 is 5.03. The fourth-order valence-corrected chi connectivity index (χ4v) is 2.11. The Morgan fingerprint density at radius 3 is 2.71 bits per heavy atom. The van der Waals surface area contributed by atoms with Gasteiger partial charge >= 0.3 is 0 Å². The highest BCUT2D eigenvalue weighted by atomic mass is 127. The minimum atomic E-state index is 0. The monoisotopic (exact) mass is 424 g/mol. The van der Waals surface area contributed by atoms with E-state index in [0.29, 0.717) is 12.4 Å². The number of pyridine rings is 1. The van der Waals surface area contributed by atoms with Crippen LogP contribution in [-0.2, 0) is 6.54 Å². The molecule has 2 N–H and O–H groups in total. The molecule has 0 spiro atoms. The van der Waals surface area contributed by atoms with E-state index in [1.54, 1.807) is 20.4 Å². The van der Waals surface area contributed by atoms with Gasteiger partial charge in [0.2, 0.25) is 5.88 Å². The first-order chi connectivity index (χ1) is 9.80. The van der Waals surface area contributed by atoms with Crippen LogP contribution in [0.3, 0.4) is 0 Å². The Labute approximate surface area is 148 Å². The number of aliphatic imine (C=N–C) groups is 1. The maximum absolute atomic E-state index is 5.03. The molecule has 0 amide bonds. The number of nitrogens with zero attached hydrogens (tertiary/aromatic N) is 2. The van der Waals surface area contributed by atoms with Crippen LogP contribution in [0.1, 0.15) is 18.4 Å². The summed E-state index contributed by atoms with van der Waals surface area (Å²) >= 11 is 1.89. The van der Waals surface area contributed by atoms with E-state index >= 15 is 0 Å². The van der Waals surface area contributed by atoms with Crippen molar-refractivity contribution in [3.05, 3.63) is 23.9 Å². The normalized spacial score (nSPS) is 10.7. The van der Waals surface area contributed by atoms with Gasteiger partial charge in [0, 0.05) is 32.4 Å². The standard InChI is InChI=1S/C14H24N4OS.HI/c1-15-14(16-8-4-5-9-20-3)18-11-12-6-7-13(19-2)17-10-12;/h6-7,10H,4-5,8-9,11H2,1-3H3,(H2,15,16,18);1H. The molecule has 21 heavy (non-hydrogen) atoms. The van der Waals surface area contributed by atoms with Crippen LogP contribution in [0.2, 0.25) is 0 Å². The fourth-order valence-electron chi connectivity index (χ4n) is 1.62. The second-order valence-electron chi connectivity index (χ2n) is 4.26. The molecule has 0 fully saturated rings. The zero-order valence-corrected chi connectivity index (χ0v) is 16.0. The van der Waals surface area contributed by atoms with Gasteiger partial charge in [-0.15, -0.1) is 24.0 Å². The number of nitrogens with one attached hydrogen (secondary N) is 2. The van der Waals surface area contributed by atoms with Gasteiger partial charge < -0.3 is 15.4 Å². The molecule has 0 aliphatic carbocycles. The van der Waals surface area contributed by atoms with E-state index in [4.69, 9.17) is 4.74 Å². The number of unbranched alkanes of at least 4 members (excludes halogenated alkanes) is 1. The Morgan fingerprint density at radius 1 is 1.33 bits per heavy atom. The molecule has 0 saturated carbocycles. The predicted octanol–water partition coefficient (Wildman–Crippen LogP) is 2.52. The predicted molar refractivity (Wildman–Crippen MR) is 102 cm³/mol. The lowest BCUT2D eigenvalue weighted by molar-refractivity contribution is 0.397. The van der Waals surface area contributed by atoms with E-state index < -0.39 is 0 Å². The molecule has 0 radical (unpaired) electrons. The van der Waals surface area contributed by atoms with Crippen LogP contribution in [0, 0.1) is 0 Å². The van der Waals surface area contributed by atoms with Gasteiger partial charge in [0.05, 0.1) is 7.11 Å². The Kier molecular flexibility index (Phi) is 12.6. The minimum absolute atomic E-state index is 0. The Morgan fingerprint density at radius 2 is 2.14 bits per heavy atom. The van der Waals surface area contributed by atoms with Gasteiger partial charge in [0.25, 0.3) is 0 Å². The highest BCUT2D eigenvalue weighted by Gasteiger charge is 1.99. The summed E-state index contributed by atoms with van der Waals surface area (Å²) in [6.45, 7) is 1.64. The van der Waals surface area contributed by atoms with Crippen LogP contribution in [0.15, 0.2) is 23.3 Å². The van der Waals surface area contributed by atoms with E-state index in [9.17, 15) is 0 Å². The van der Waals surface area contributed by atoms with Crippen molar-refractivity contribution in [3.63, 3.8) is 0 Å². The van der Waals surface area contributed by atoms with Crippen molar-refractivity contribution in [1.29, 1.82) is 0 Å².